The van der Waals surface area contributed by atoms with Gasteiger partial charge in [-0.3, -0.25) is 4.99 Å². The largest absolute Gasteiger partial charge is 0.378 e. The highest BCUT2D eigenvalue weighted by Gasteiger charge is 2.20. The Balaban J connectivity index is 0.00000256. The van der Waals surface area contributed by atoms with Crippen LogP contribution in [0, 0.1) is 0 Å². The van der Waals surface area contributed by atoms with Gasteiger partial charge < -0.3 is 15.0 Å². The molecule has 0 spiro atoms. The molecule has 0 atom stereocenters. The number of likely N-dealkylation sites (tertiary alicyclic amines) is 1. The van der Waals surface area contributed by atoms with Crippen LogP contribution in [0.1, 0.15) is 19.8 Å². The number of halogens is 1. The number of rotatable bonds is 4. The molecule has 1 rings (SSSR count). The summed E-state index contributed by atoms with van der Waals surface area (Å²) in [5.74, 6) is 0.967. The Bertz CT molecular complexity index is 238. The van der Waals surface area contributed by atoms with E-state index in [0.717, 1.165) is 45.0 Å². The maximum absolute atomic E-state index is 5.62. The molecule has 1 fully saturated rings. The van der Waals surface area contributed by atoms with Crippen LogP contribution in [-0.2, 0) is 4.74 Å². The highest BCUT2D eigenvalue weighted by atomic mass is 127. The van der Waals surface area contributed by atoms with Crippen molar-refractivity contribution in [3.63, 3.8) is 0 Å². The third-order valence-corrected chi connectivity index (χ3v) is 2.76. The van der Waals surface area contributed by atoms with E-state index >= 15 is 0 Å². The molecule has 1 N–H and O–H groups in total. The summed E-state index contributed by atoms with van der Waals surface area (Å²) in [6.07, 6.45) is 4.45. The second kappa shape index (κ2) is 9.70. The van der Waals surface area contributed by atoms with Crippen molar-refractivity contribution in [3.05, 3.63) is 12.7 Å². The van der Waals surface area contributed by atoms with Crippen molar-refractivity contribution >= 4 is 29.9 Å². The van der Waals surface area contributed by atoms with Gasteiger partial charge in [0.2, 0.25) is 0 Å². The van der Waals surface area contributed by atoms with E-state index in [-0.39, 0.29) is 24.0 Å². The standard InChI is InChI=1S/C12H23N3O.HI/c1-4-8-14-12(13-3)15-9-6-11(7-10-15)16-5-2;/h4,11H,1,5-10H2,2-3H3,(H,13,14);1H. The number of nitrogens with zero attached hydrogens (tertiary/aromatic N) is 2. The summed E-state index contributed by atoms with van der Waals surface area (Å²) in [6, 6.07) is 0. The molecule has 17 heavy (non-hydrogen) atoms. The zero-order chi connectivity index (χ0) is 11.8. The van der Waals surface area contributed by atoms with Gasteiger partial charge in [0.05, 0.1) is 6.10 Å². The van der Waals surface area contributed by atoms with Gasteiger partial charge in [0.1, 0.15) is 0 Å². The number of hydrogen-bond acceptors (Lipinski definition) is 2. The second-order valence-electron chi connectivity index (χ2n) is 3.86. The molecule has 1 aliphatic heterocycles. The lowest BCUT2D eigenvalue weighted by molar-refractivity contribution is 0.0264. The summed E-state index contributed by atoms with van der Waals surface area (Å²) in [4.78, 5) is 6.54. The molecule has 0 amide bonds. The van der Waals surface area contributed by atoms with E-state index in [1.54, 1.807) is 0 Å². The lowest BCUT2D eigenvalue weighted by Crippen LogP contribution is -2.47. The first-order chi connectivity index (χ1) is 7.81. The summed E-state index contributed by atoms with van der Waals surface area (Å²) in [5, 5.41) is 3.25. The average molecular weight is 353 g/mol. The van der Waals surface area contributed by atoms with E-state index in [0.29, 0.717) is 6.10 Å². The van der Waals surface area contributed by atoms with Crippen molar-refractivity contribution in [2.45, 2.75) is 25.9 Å². The molecule has 100 valence electrons. The molecule has 5 heteroatoms. The Morgan fingerprint density at radius 2 is 2.18 bits per heavy atom. The van der Waals surface area contributed by atoms with Gasteiger partial charge in [-0.05, 0) is 19.8 Å². The predicted octanol–water partition coefficient (Wildman–Crippen LogP) is 1.87. The minimum atomic E-state index is 0. The minimum Gasteiger partial charge on any atom is -0.378 e. The van der Waals surface area contributed by atoms with Crippen LogP contribution in [0.25, 0.3) is 0 Å². The molecule has 0 aromatic rings. The first-order valence-corrected chi connectivity index (χ1v) is 5.99. The van der Waals surface area contributed by atoms with Crippen LogP contribution in [0.3, 0.4) is 0 Å². The van der Waals surface area contributed by atoms with Gasteiger partial charge in [0, 0.05) is 33.3 Å². The lowest BCUT2D eigenvalue weighted by atomic mass is 10.1. The molecule has 0 aromatic heterocycles. The van der Waals surface area contributed by atoms with Crippen LogP contribution >= 0.6 is 24.0 Å². The molecular weight excluding hydrogens is 329 g/mol. The maximum Gasteiger partial charge on any atom is 0.193 e. The molecule has 0 aliphatic carbocycles. The molecule has 1 saturated heterocycles. The van der Waals surface area contributed by atoms with Crippen LogP contribution in [0.2, 0.25) is 0 Å². The number of aliphatic imine (C=N–C) groups is 1. The first-order valence-electron chi connectivity index (χ1n) is 5.99. The molecule has 0 radical (unpaired) electrons. The number of hydrogen-bond donors (Lipinski definition) is 1. The topological polar surface area (TPSA) is 36.9 Å². The highest BCUT2D eigenvalue weighted by molar-refractivity contribution is 14.0. The Hall–Kier alpha value is -0.300. The Morgan fingerprint density at radius 3 is 2.65 bits per heavy atom. The van der Waals surface area contributed by atoms with Crippen molar-refractivity contribution in [2.75, 3.05) is 33.3 Å². The molecule has 1 heterocycles. The molecule has 0 bridgehead atoms. The molecule has 0 saturated carbocycles. The monoisotopic (exact) mass is 353 g/mol. The zero-order valence-electron chi connectivity index (χ0n) is 10.8. The Labute approximate surface area is 122 Å². The maximum atomic E-state index is 5.62. The van der Waals surface area contributed by atoms with Gasteiger partial charge in [-0.1, -0.05) is 6.08 Å². The van der Waals surface area contributed by atoms with Gasteiger partial charge in [-0.25, -0.2) is 0 Å². The number of ether oxygens (including phenoxy) is 1. The molecule has 4 nitrogen and oxygen atoms in total. The molecule has 0 unspecified atom stereocenters. The second-order valence-corrected chi connectivity index (χ2v) is 3.86. The number of nitrogens with one attached hydrogen (secondary N) is 1. The number of piperidine rings is 1. The van der Waals surface area contributed by atoms with Gasteiger partial charge in [0.25, 0.3) is 0 Å². The molecule has 1 aliphatic rings. The summed E-state index contributed by atoms with van der Waals surface area (Å²) in [7, 11) is 1.82. The lowest BCUT2D eigenvalue weighted by Gasteiger charge is -2.33. The quantitative estimate of drug-likeness (QED) is 0.363. The third kappa shape index (κ3) is 5.72. The van der Waals surface area contributed by atoms with Crippen molar-refractivity contribution in [2.24, 2.45) is 4.99 Å². The SMILES string of the molecule is C=CCNC(=NC)N1CCC(OCC)CC1.I. The van der Waals surface area contributed by atoms with Crippen LogP contribution in [0.5, 0.6) is 0 Å². The third-order valence-electron chi connectivity index (χ3n) is 2.76. The Morgan fingerprint density at radius 1 is 1.53 bits per heavy atom. The van der Waals surface area contributed by atoms with E-state index < -0.39 is 0 Å². The van der Waals surface area contributed by atoms with Crippen molar-refractivity contribution in [1.29, 1.82) is 0 Å². The first kappa shape index (κ1) is 16.7. The normalized spacial score (nSPS) is 17.5. The fraction of sp³-hybridized carbons (Fsp3) is 0.750. The summed E-state index contributed by atoms with van der Waals surface area (Å²) < 4.78 is 5.62. The highest BCUT2D eigenvalue weighted by Crippen LogP contribution is 2.13. The van der Waals surface area contributed by atoms with Crippen LogP contribution in [0.4, 0.5) is 0 Å². The van der Waals surface area contributed by atoms with E-state index in [4.69, 9.17) is 4.74 Å². The summed E-state index contributed by atoms with van der Waals surface area (Å²) >= 11 is 0. The van der Waals surface area contributed by atoms with Gasteiger partial charge >= 0.3 is 0 Å². The smallest absolute Gasteiger partial charge is 0.193 e. The van der Waals surface area contributed by atoms with Crippen LogP contribution < -0.4 is 5.32 Å². The van der Waals surface area contributed by atoms with E-state index in [2.05, 4.69) is 28.7 Å². The summed E-state index contributed by atoms with van der Waals surface area (Å²) in [5.41, 5.74) is 0. The molecule has 0 aromatic carbocycles. The van der Waals surface area contributed by atoms with Gasteiger partial charge in [-0.2, -0.15) is 0 Å². The van der Waals surface area contributed by atoms with Crippen LogP contribution in [-0.4, -0.2) is 50.3 Å². The summed E-state index contributed by atoms with van der Waals surface area (Å²) in [6.45, 7) is 9.35. The van der Waals surface area contributed by atoms with Crippen LogP contribution in [0.15, 0.2) is 17.6 Å². The average Bonchev–Trinajstić information content (AvgIpc) is 2.32. The van der Waals surface area contributed by atoms with E-state index in [9.17, 15) is 0 Å². The van der Waals surface area contributed by atoms with E-state index in [1.807, 2.05) is 13.1 Å². The molecular formula is C12H24IN3O. The van der Waals surface area contributed by atoms with Gasteiger partial charge in [-0.15, -0.1) is 30.6 Å². The van der Waals surface area contributed by atoms with E-state index in [1.165, 1.54) is 0 Å². The zero-order valence-corrected chi connectivity index (χ0v) is 13.1. The predicted molar refractivity (Wildman–Crippen MR) is 83.2 cm³/mol. The number of guanidine groups is 1. The van der Waals surface area contributed by atoms with Crippen molar-refractivity contribution in [1.82, 2.24) is 10.2 Å². The minimum absolute atomic E-state index is 0. The fourth-order valence-electron chi connectivity index (χ4n) is 1.97. The van der Waals surface area contributed by atoms with Crippen molar-refractivity contribution < 1.29 is 4.74 Å². The fourth-order valence-corrected chi connectivity index (χ4v) is 1.97. The van der Waals surface area contributed by atoms with Gasteiger partial charge in [0.15, 0.2) is 5.96 Å². The Kier molecular flexibility index (Phi) is 9.53. The van der Waals surface area contributed by atoms with Crippen molar-refractivity contribution in [3.8, 4) is 0 Å².